The van der Waals surface area contributed by atoms with E-state index in [0.717, 1.165) is 18.8 Å². The molecule has 1 aromatic carbocycles. The first-order valence-electron chi connectivity index (χ1n) is 8.21. The van der Waals surface area contributed by atoms with Crippen LogP contribution in [-0.4, -0.2) is 5.97 Å². The lowest BCUT2D eigenvalue weighted by atomic mass is 9.85. The highest BCUT2D eigenvalue weighted by atomic mass is 16.5. The highest BCUT2D eigenvalue weighted by molar-refractivity contribution is 5.75. The molecular weight excluding hydrogens is 260 g/mol. The van der Waals surface area contributed by atoms with Crippen molar-refractivity contribution in [3.8, 4) is 5.75 Å². The number of ether oxygens (including phenoxy) is 1. The summed E-state index contributed by atoms with van der Waals surface area (Å²) in [6.07, 6.45) is 11.5. The van der Waals surface area contributed by atoms with E-state index in [2.05, 4.69) is 13.0 Å². The number of rotatable bonds is 7. The van der Waals surface area contributed by atoms with Crippen molar-refractivity contribution in [2.24, 2.45) is 5.92 Å². The Balaban J connectivity index is 1.73. The zero-order valence-corrected chi connectivity index (χ0v) is 13.0. The van der Waals surface area contributed by atoms with Crippen molar-refractivity contribution < 1.29 is 9.53 Å². The summed E-state index contributed by atoms with van der Waals surface area (Å²) in [5, 5.41) is 0. The Morgan fingerprint density at radius 1 is 1.24 bits per heavy atom. The largest absolute Gasteiger partial charge is 0.426 e. The van der Waals surface area contributed by atoms with Crippen molar-refractivity contribution >= 4 is 5.97 Å². The molecule has 0 aromatic heterocycles. The summed E-state index contributed by atoms with van der Waals surface area (Å²) in [6, 6.07) is 9.31. The van der Waals surface area contributed by atoms with Crippen LogP contribution < -0.4 is 4.74 Å². The highest BCUT2D eigenvalue weighted by Gasteiger charge is 2.16. The molecule has 1 unspecified atom stereocenters. The highest BCUT2D eigenvalue weighted by Crippen LogP contribution is 2.29. The number of benzene rings is 1. The second-order valence-electron chi connectivity index (χ2n) is 5.96. The van der Waals surface area contributed by atoms with E-state index in [-0.39, 0.29) is 5.97 Å². The van der Waals surface area contributed by atoms with Gasteiger partial charge in [-0.05, 0) is 37.3 Å². The zero-order chi connectivity index (χ0) is 14.9. The lowest BCUT2D eigenvalue weighted by Gasteiger charge is -2.21. The van der Waals surface area contributed by atoms with Gasteiger partial charge in [0.15, 0.2) is 0 Å². The molecule has 0 saturated heterocycles. The SMILES string of the molecule is CCCCCC1CC=C(CC(=O)Oc2ccccc2)CC1. The third kappa shape index (κ3) is 5.74. The fourth-order valence-electron chi connectivity index (χ4n) is 2.89. The number of carbonyl (C=O) groups excluding carboxylic acids is 1. The van der Waals surface area contributed by atoms with Crippen molar-refractivity contribution in [3.63, 3.8) is 0 Å². The molecule has 2 rings (SSSR count). The van der Waals surface area contributed by atoms with Gasteiger partial charge in [-0.2, -0.15) is 0 Å². The molecule has 21 heavy (non-hydrogen) atoms. The summed E-state index contributed by atoms with van der Waals surface area (Å²) >= 11 is 0. The van der Waals surface area contributed by atoms with E-state index in [1.165, 1.54) is 37.7 Å². The smallest absolute Gasteiger partial charge is 0.315 e. The molecule has 2 nitrogen and oxygen atoms in total. The molecule has 1 aliphatic carbocycles. The van der Waals surface area contributed by atoms with Gasteiger partial charge in [0.05, 0.1) is 6.42 Å². The van der Waals surface area contributed by atoms with E-state index >= 15 is 0 Å². The van der Waals surface area contributed by atoms with Crippen molar-refractivity contribution in [2.75, 3.05) is 0 Å². The Morgan fingerprint density at radius 2 is 2.05 bits per heavy atom. The van der Waals surface area contributed by atoms with Crippen molar-refractivity contribution in [3.05, 3.63) is 42.0 Å². The monoisotopic (exact) mass is 286 g/mol. The maximum atomic E-state index is 11.9. The number of esters is 1. The van der Waals surface area contributed by atoms with E-state index in [1.54, 1.807) is 0 Å². The number of allylic oxidation sites excluding steroid dienone is 1. The molecule has 0 aliphatic heterocycles. The average Bonchev–Trinajstić information content (AvgIpc) is 2.50. The van der Waals surface area contributed by atoms with E-state index in [1.807, 2.05) is 30.3 Å². The Labute approximate surface area is 128 Å². The predicted octanol–water partition coefficient (Wildman–Crippen LogP) is 5.29. The molecule has 0 saturated carbocycles. The van der Waals surface area contributed by atoms with Gasteiger partial charge in [0.25, 0.3) is 0 Å². The Kier molecular flexibility index (Phi) is 6.52. The Bertz CT molecular complexity index is 462. The zero-order valence-electron chi connectivity index (χ0n) is 13.0. The molecule has 1 aromatic rings. The summed E-state index contributed by atoms with van der Waals surface area (Å²) in [5.74, 6) is 1.32. The summed E-state index contributed by atoms with van der Waals surface area (Å²) in [4.78, 5) is 11.9. The number of para-hydroxylation sites is 1. The molecule has 114 valence electrons. The lowest BCUT2D eigenvalue weighted by molar-refractivity contribution is -0.133. The fraction of sp³-hybridized carbons (Fsp3) is 0.526. The quantitative estimate of drug-likeness (QED) is 0.295. The molecule has 0 radical (unpaired) electrons. The van der Waals surface area contributed by atoms with Gasteiger partial charge in [-0.3, -0.25) is 4.79 Å². The number of unbranched alkanes of at least 4 members (excludes halogenated alkanes) is 2. The Morgan fingerprint density at radius 3 is 2.71 bits per heavy atom. The molecule has 0 heterocycles. The maximum absolute atomic E-state index is 11.9. The lowest BCUT2D eigenvalue weighted by Crippen LogP contribution is -2.12. The van der Waals surface area contributed by atoms with Crippen molar-refractivity contribution in [2.45, 2.75) is 58.3 Å². The first-order valence-corrected chi connectivity index (χ1v) is 8.21. The van der Waals surface area contributed by atoms with Gasteiger partial charge < -0.3 is 4.74 Å². The van der Waals surface area contributed by atoms with Gasteiger partial charge in [0.2, 0.25) is 0 Å². The van der Waals surface area contributed by atoms with Crippen LogP contribution in [0.4, 0.5) is 0 Å². The third-order valence-electron chi connectivity index (χ3n) is 4.18. The van der Waals surface area contributed by atoms with Crippen molar-refractivity contribution in [1.29, 1.82) is 0 Å². The van der Waals surface area contributed by atoms with E-state index in [9.17, 15) is 4.79 Å². The minimum absolute atomic E-state index is 0.142. The Hall–Kier alpha value is -1.57. The van der Waals surface area contributed by atoms with Crippen LogP contribution in [0, 0.1) is 5.92 Å². The molecule has 0 amide bonds. The predicted molar refractivity (Wildman–Crippen MR) is 86.3 cm³/mol. The molecule has 0 spiro atoms. The van der Waals surface area contributed by atoms with Gasteiger partial charge in [-0.1, -0.05) is 62.5 Å². The van der Waals surface area contributed by atoms with Crippen LogP contribution in [0.3, 0.4) is 0 Å². The minimum atomic E-state index is -0.142. The van der Waals surface area contributed by atoms with Gasteiger partial charge in [0, 0.05) is 0 Å². The van der Waals surface area contributed by atoms with Crippen LogP contribution in [0.15, 0.2) is 42.0 Å². The van der Waals surface area contributed by atoms with E-state index in [4.69, 9.17) is 4.74 Å². The molecular formula is C19H26O2. The summed E-state index contributed by atoms with van der Waals surface area (Å²) in [7, 11) is 0. The number of carbonyl (C=O) groups is 1. The van der Waals surface area contributed by atoms with Crippen LogP contribution in [0.1, 0.15) is 58.3 Å². The topological polar surface area (TPSA) is 26.3 Å². The summed E-state index contributed by atoms with van der Waals surface area (Å²) in [5.41, 5.74) is 1.25. The molecule has 1 atom stereocenters. The van der Waals surface area contributed by atoms with Gasteiger partial charge >= 0.3 is 5.97 Å². The first kappa shape index (κ1) is 15.8. The second kappa shape index (κ2) is 8.66. The standard InChI is InChI=1S/C19H26O2/c1-2-3-5-8-16-11-13-17(14-12-16)15-19(20)21-18-9-6-4-7-10-18/h4,6-7,9-10,13,16H,2-3,5,8,11-12,14-15H2,1H3. The number of hydrogen-bond acceptors (Lipinski definition) is 2. The van der Waals surface area contributed by atoms with E-state index < -0.39 is 0 Å². The molecule has 2 heteroatoms. The normalized spacial score (nSPS) is 18.1. The molecule has 0 fully saturated rings. The van der Waals surface area contributed by atoms with Crippen molar-refractivity contribution in [1.82, 2.24) is 0 Å². The van der Waals surface area contributed by atoms with E-state index in [0.29, 0.717) is 12.2 Å². The fourth-order valence-corrected chi connectivity index (χ4v) is 2.89. The first-order chi connectivity index (χ1) is 10.3. The van der Waals surface area contributed by atoms with Gasteiger partial charge in [-0.15, -0.1) is 0 Å². The minimum Gasteiger partial charge on any atom is -0.426 e. The summed E-state index contributed by atoms with van der Waals surface area (Å²) < 4.78 is 5.34. The third-order valence-corrected chi connectivity index (χ3v) is 4.18. The molecule has 0 N–H and O–H groups in total. The summed E-state index contributed by atoms with van der Waals surface area (Å²) in [6.45, 7) is 2.25. The molecule has 1 aliphatic rings. The van der Waals surface area contributed by atoms with Crippen LogP contribution >= 0.6 is 0 Å². The van der Waals surface area contributed by atoms with Gasteiger partial charge in [-0.25, -0.2) is 0 Å². The second-order valence-corrected chi connectivity index (χ2v) is 5.96. The maximum Gasteiger partial charge on any atom is 0.315 e. The van der Waals surface area contributed by atoms with Crippen LogP contribution in [0.25, 0.3) is 0 Å². The van der Waals surface area contributed by atoms with Gasteiger partial charge in [0.1, 0.15) is 5.75 Å². The van der Waals surface area contributed by atoms with Crippen LogP contribution in [-0.2, 0) is 4.79 Å². The number of hydrogen-bond donors (Lipinski definition) is 0. The molecule has 0 bridgehead atoms. The average molecular weight is 286 g/mol. The van der Waals surface area contributed by atoms with Crippen LogP contribution in [0.5, 0.6) is 5.75 Å². The van der Waals surface area contributed by atoms with Crippen LogP contribution in [0.2, 0.25) is 0 Å².